The first kappa shape index (κ1) is 11.9. The van der Waals surface area contributed by atoms with E-state index in [9.17, 15) is 0 Å². The van der Waals surface area contributed by atoms with Gasteiger partial charge in [0.1, 0.15) is 5.76 Å². The maximum atomic E-state index is 5.68. The van der Waals surface area contributed by atoms with Crippen LogP contribution in [0.25, 0.3) is 0 Å². The topological polar surface area (TPSA) is 60.9 Å². The molecular weight excluding hydrogens is 244 g/mol. The van der Waals surface area contributed by atoms with Crippen molar-refractivity contribution in [3.05, 3.63) is 42.4 Å². The van der Waals surface area contributed by atoms with Crippen LogP contribution in [0.15, 0.2) is 41.0 Å². The number of anilines is 1. The predicted octanol–water partition coefficient (Wildman–Crippen LogP) is 1.97. The summed E-state index contributed by atoms with van der Waals surface area (Å²) in [5.41, 5.74) is 6.73. The van der Waals surface area contributed by atoms with Crippen molar-refractivity contribution in [2.45, 2.75) is 6.54 Å². The third kappa shape index (κ3) is 2.51. The average molecular weight is 260 g/mol. The van der Waals surface area contributed by atoms with Gasteiger partial charge in [-0.05, 0) is 24.3 Å². The SMILES string of the molecule is NCCN(Cc1ccco1)c1ccc2c(c1)OCO2. The minimum Gasteiger partial charge on any atom is -0.467 e. The van der Waals surface area contributed by atoms with Crippen LogP contribution in [-0.2, 0) is 6.54 Å². The molecule has 5 nitrogen and oxygen atoms in total. The number of furan rings is 1. The van der Waals surface area contributed by atoms with Crippen LogP contribution in [0.2, 0.25) is 0 Å². The zero-order chi connectivity index (χ0) is 13.1. The van der Waals surface area contributed by atoms with E-state index in [1.54, 1.807) is 6.26 Å². The molecule has 0 bridgehead atoms. The summed E-state index contributed by atoms with van der Waals surface area (Å²) < 4.78 is 16.1. The molecule has 2 aromatic rings. The molecule has 2 N–H and O–H groups in total. The molecule has 1 aromatic carbocycles. The fraction of sp³-hybridized carbons (Fsp3) is 0.286. The molecule has 2 heterocycles. The largest absolute Gasteiger partial charge is 0.467 e. The van der Waals surface area contributed by atoms with Crippen molar-refractivity contribution in [1.29, 1.82) is 0 Å². The number of nitrogens with two attached hydrogens (primary N) is 1. The fourth-order valence-electron chi connectivity index (χ4n) is 2.13. The van der Waals surface area contributed by atoms with Crippen LogP contribution in [-0.4, -0.2) is 19.9 Å². The molecule has 1 aromatic heterocycles. The Morgan fingerprint density at radius 2 is 2.05 bits per heavy atom. The predicted molar refractivity (Wildman–Crippen MR) is 71.4 cm³/mol. The van der Waals surface area contributed by atoms with Crippen molar-refractivity contribution in [1.82, 2.24) is 0 Å². The third-order valence-corrected chi connectivity index (χ3v) is 3.05. The number of fused-ring (bicyclic) bond motifs is 1. The van der Waals surface area contributed by atoms with Crippen LogP contribution < -0.4 is 20.1 Å². The van der Waals surface area contributed by atoms with Gasteiger partial charge >= 0.3 is 0 Å². The molecule has 0 fully saturated rings. The lowest BCUT2D eigenvalue weighted by molar-refractivity contribution is 0.174. The molecule has 3 rings (SSSR count). The quantitative estimate of drug-likeness (QED) is 0.890. The maximum Gasteiger partial charge on any atom is 0.231 e. The summed E-state index contributed by atoms with van der Waals surface area (Å²) in [6.07, 6.45) is 1.68. The monoisotopic (exact) mass is 260 g/mol. The number of ether oxygens (including phenoxy) is 2. The lowest BCUT2D eigenvalue weighted by Crippen LogP contribution is -2.28. The molecule has 0 unspecified atom stereocenters. The number of nitrogens with zero attached hydrogens (tertiary/aromatic N) is 1. The maximum absolute atomic E-state index is 5.68. The van der Waals surface area contributed by atoms with Crippen molar-refractivity contribution in [3.8, 4) is 11.5 Å². The van der Waals surface area contributed by atoms with Gasteiger partial charge in [-0.1, -0.05) is 0 Å². The van der Waals surface area contributed by atoms with E-state index in [4.69, 9.17) is 19.6 Å². The van der Waals surface area contributed by atoms with Gasteiger partial charge in [-0.15, -0.1) is 0 Å². The zero-order valence-electron chi connectivity index (χ0n) is 10.5. The minimum absolute atomic E-state index is 0.286. The summed E-state index contributed by atoms with van der Waals surface area (Å²) in [5.74, 6) is 2.47. The summed E-state index contributed by atoms with van der Waals surface area (Å²) in [4.78, 5) is 2.15. The number of hydrogen-bond donors (Lipinski definition) is 1. The van der Waals surface area contributed by atoms with E-state index in [0.717, 1.165) is 29.5 Å². The van der Waals surface area contributed by atoms with E-state index in [1.807, 2.05) is 30.3 Å². The Kier molecular flexibility index (Phi) is 3.29. The smallest absolute Gasteiger partial charge is 0.231 e. The van der Waals surface area contributed by atoms with Gasteiger partial charge in [0, 0.05) is 24.8 Å². The molecule has 0 aliphatic carbocycles. The number of benzene rings is 1. The molecule has 0 saturated carbocycles. The van der Waals surface area contributed by atoms with Crippen LogP contribution in [0.4, 0.5) is 5.69 Å². The molecule has 19 heavy (non-hydrogen) atoms. The van der Waals surface area contributed by atoms with Crippen LogP contribution in [0.1, 0.15) is 5.76 Å². The normalized spacial score (nSPS) is 12.7. The fourth-order valence-corrected chi connectivity index (χ4v) is 2.13. The highest BCUT2D eigenvalue weighted by Crippen LogP contribution is 2.35. The van der Waals surface area contributed by atoms with Crippen molar-refractivity contribution in [3.63, 3.8) is 0 Å². The molecule has 100 valence electrons. The lowest BCUT2D eigenvalue weighted by Gasteiger charge is -2.23. The van der Waals surface area contributed by atoms with Gasteiger partial charge in [-0.3, -0.25) is 0 Å². The third-order valence-electron chi connectivity index (χ3n) is 3.05. The van der Waals surface area contributed by atoms with Gasteiger partial charge < -0.3 is 24.5 Å². The van der Waals surface area contributed by atoms with Crippen LogP contribution in [0.5, 0.6) is 11.5 Å². The second-order valence-corrected chi connectivity index (χ2v) is 4.33. The van der Waals surface area contributed by atoms with Gasteiger partial charge in [0.05, 0.1) is 12.8 Å². The highest BCUT2D eigenvalue weighted by atomic mass is 16.7. The Labute approximate surface area is 111 Å². The average Bonchev–Trinajstić information content (AvgIpc) is 3.08. The Hall–Kier alpha value is -2.14. The van der Waals surface area contributed by atoms with Crippen molar-refractivity contribution >= 4 is 5.69 Å². The first-order chi connectivity index (χ1) is 9.36. The molecule has 0 radical (unpaired) electrons. The van der Waals surface area contributed by atoms with E-state index in [-0.39, 0.29) is 6.79 Å². The van der Waals surface area contributed by atoms with Crippen molar-refractivity contribution in [2.24, 2.45) is 5.73 Å². The van der Waals surface area contributed by atoms with Gasteiger partial charge in [0.2, 0.25) is 6.79 Å². The standard InChI is InChI=1S/C14H16N2O3/c15-5-6-16(9-12-2-1-7-17-12)11-3-4-13-14(8-11)19-10-18-13/h1-4,7-8H,5-6,9-10,15H2. The van der Waals surface area contributed by atoms with Gasteiger partial charge in [0.25, 0.3) is 0 Å². The van der Waals surface area contributed by atoms with E-state index in [1.165, 1.54) is 0 Å². The van der Waals surface area contributed by atoms with Crippen LogP contribution >= 0.6 is 0 Å². The zero-order valence-corrected chi connectivity index (χ0v) is 10.5. The Bertz CT molecular complexity index is 540. The van der Waals surface area contributed by atoms with Crippen LogP contribution in [0, 0.1) is 0 Å². The molecule has 0 spiro atoms. The lowest BCUT2D eigenvalue weighted by atomic mass is 10.2. The molecular formula is C14H16N2O3. The summed E-state index contributed by atoms with van der Waals surface area (Å²) in [5, 5.41) is 0. The summed E-state index contributed by atoms with van der Waals surface area (Å²) in [6.45, 7) is 2.30. The molecule has 0 atom stereocenters. The highest BCUT2D eigenvalue weighted by Gasteiger charge is 2.16. The summed E-state index contributed by atoms with van der Waals surface area (Å²) in [6, 6.07) is 9.74. The number of hydrogen-bond acceptors (Lipinski definition) is 5. The van der Waals surface area contributed by atoms with E-state index in [0.29, 0.717) is 13.1 Å². The second-order valence-electron chi connectivity index (χ2n) is 4.33. The Morgan fingerprint density at radius 3 is 2.84 bits per heavy atom. The van der Waals surface area contributed by atoms with Crippen molar-refractivity contribution < 1.29 is 13.9 Å². The highest BCUT2D eigenvalue weighted by molar-refractivity contribution is 5.57. The van der Waals surface area contributed by atoms with E-state index < -0.39 is 0 Å². The molecule has 5 heteroatoms. The van der Waals surface area contributed by atoms with E-state index >= 15 is 0 Å². The molecule has 0 amide bonds. The first-order valence-electron chi connectivity index (χ1n) is 6.24. The van der Waals surface area contributed by atoms with E-state index in [2.05, 4.69) is 4.90 Å². The summed E-state index contributed by atoms with van der Waals surface area (Å²) in [7, 11) is 0. The Balaban J connectivity index is 1.83. The molecule has 1 aliphatic rings. The van der Waals surface area contributed by atoms with Crippen molar-refractivity contribution in [2.75, 3.05) is 24.8 Å². The molecule has 0 saturated heterocycles. The number of rotatable bonds is 5. The van der Waals surface area contributed by atoms with Gasteiger partial charge in [-0.25, -0.2) is 0 Å². The Morgan fingerprint density at radius 1 is 1.16 bits per heavy atom. The molecule has 1 aliphatic heterocycles. The first-order valence-corrected chi connectivity index (χ1v) is 6.24. The second kappa shape index (κ2) is 5.24. The minimum atomic E-state index is 0.286. The summed E-state index contributed by atoms with van der Waals surface area (Å²) >= 11 is 0. The van der Waals surface area contributed by atoms with Gasteiger partial charge in [0.15, 0.2) is 11.5 Å². The van der Waals surface area contributed by atoms with Crippen LogP contribution in [0.3, 0.4) is 0 Å². The van der Waals surface area contributed by atoms with Gasteiger partial charge in [-0.2, -0.15) is 0 Å².